The molecule has 3 aromatic rings. The van der Waals surface area contributed by atoms with Gasteiger partial charge in [0.1, 0.15) is 28.3 Å². The second-order valence-electron chi connectivity index (χ2n) is 5.91. The number of aromatic nitrogens is 1. The van der Waals surface area contributed by atoms with E-state index in [1.54, 1.807) is 26.4 Å². The molecule has 8 heteroatoms. The first-order valence-corrected chi connectivity index (χ1v) is 9.11. The van der Waals surface area contributed by atoms with Gasteiger partial charge >= 0.3 is 0 Å². The highest BCUT2D eigenvalue weighted by molar-refractivity contribution is 7.16. The molecule has 7 nitrogen and oxygen atoms in total. The molecule has 0 unspecified atom stereocenters. The van der Waals surface area contributed by atoms with Crippen molar-refractivity contribution < 1.29 is 23.7 Å². The van der Waals surface area contributed by atoms with Crippen LogP contribution in [0.2, 0.25) is 0 Å². The van der Waals surface area contributed by atoms with E-state index in [-0.39, 0.29) is 6.61 Å². The van der Waals surface area contributed by atoms with Gasteiger partial charge in [0.2, 0.25) is 6.10 Å². The van der Waals surface area contributed by atoms with Crippen molar-refractivity contribution in [1.29, 1.82) is 0 Å². The Hall–Kier alpha value is -3.00. The summed E-state index contributed by atoms with van der Waals surface area (Å²) >= 11 is 1.36. The van der Waals surface area contributed by atoms with Crippen LogP contribution in [0.1, 0.15) is 0 Å². The fraction of sp³-hybridized carbons (Fsp3) is 0.263. The summed E-state index contributed by atoms with van der Waals surface area (Å²) < 4.78 is 24.9. The van der Waals surface area contributed by atoms with Crippen molar-refractivity contribution in [3.63, 3.8) is 0 Å². The molecule has 1 aliphatic rings. The number of ether oxygens (including phenoxy) is 4. The van der Waals surface area contributed by atoms with Crippen molar-refractivity contribution >= 4 is 27.5 Å². The molecule has 2 aromatic carbocycles. The number of aryl methyl sites for hydroxylation is 1. The molecule has 140 valence electrons. The van der Waals surface area contributed by atoms with Crippen LogP contribution in [0.3, 0.4) is 0 Å². The average molecular weight is 386 g/mol. The third-order valence-electron chi connectivity index (χ3n) is 4.30. The lowest BCUT2D eigenvalue weighted by atomic mass is 10.2. The summed E-state index contributed by atoms with van der Waals surface area (Å²) in [6.45, 7) is 0.126. The van der Waals surface area contributed by atoms with Crippen LogP contribution < -0.4 is 23.7 Å². The van der Waals surface area contributed by atoms with Gasteiger partial charge in [-0.15, -0.1) is 0 Å². The van der Waals surface area contributed by atoms with Crippen LogP contribution in [-0.4, -0.2) is 37.4 Å². The molecular formula is C19H18N2O5S. The smallest absolute Gasteiger partial charge is 0.292 e. The number of carbonyl (C=O) groups excluding carboxylic acids is 1. The maximum atomic E-state index is 12.7. The normalized spacial score (nSPS) is 16.4. The van der Waals surface area contributed by atoms with Gasteiger partial charge < -0.3 is 23.5 Å². The maximum absolute atomic E-state index is 12.7. The molecule has 0 fully saturated rings. The Bertz CT molecular complexity index is 1090. The highest BCUT2D eigenvalue weighted by Crippen LogP contribution is 2.35. The number of hydrogen-bond donors (Lipinski definition) is 0. The lowest BCUT2D eigenvalue weighted by Crippen LogP contribution is -2.36. The minimum Gasteiger partial charge on any atom is -0.495 e. The van der Waals surface area contributed by atoms with Gasteiger partial charge in [-0.1, -0.05) is 23.5 Å². The molecule has 0 saturated carbocycles. The van der Waals surface area contributed by atoms with Crippen LogP contribution in [-0.2, 0) is 11.8 Å². The Balaban J connectivity index is 1.73. The lowest BCUT2D eigenvalue weighted by Gasteiger charge is -2.23. The molecule has 0 N–H and O–H groups in total. The summed E-state index contributed by atoms with van der Waals surface area (Å²) in [5.41, 5.74) is 0.819. The lowest BCUT2D eigenvalue weighted by molar-refractivity contribution is -0.127. The minimum atomic E-state index is -0.783. The minimum absolute atomic E-state index is 0.126. The molecule has 0 radical (unpaired) electrons. The van der Waals surface area contributed by atoms with Crippen LogP contribution in [0, 0.1) is 0 Å². The van der Waals surface area contributed by atoms with Crippen LogP contribution in [0.4, 0.5) is 0 Å². The Morgan fingerprint density at radius 2 is 1.85 bits per heavy atom. The molecular weight excluding hydrogens is 368 g/mol. The van der Waals surface area contributed by atoms with Crippen molar-refractivity contribution in [2.24, 2.45) is 12.0 Å². The molecule has 0 bridgehead atoms. The number of hydrogen-bond acceptors (Lipinski definition) is 6. The van der Waals surface area contributed by atoms with Gasteiger partial charge in [0.25, 0.3) is 5.91 Å². The van der Waals surface area contributed by atoms with E-state index in [0.717, 1.165) is 10.2 Å². The van der Waals surface area contributed by atoms with E-state index in [1.165, 1.54) is 11.3 Å². The molecule has 27 heavy (non-hydrogen) atoms. The van der Waals surface area contributed by atoms with Gasteiger partial charge in [0.05, 0.1) is 14.2 Å². The number of thiazole rings is 1. The molecule has 1 aromatic heterocycles. The number of carbonyl (C=O) groups is 1. The van der Waals surface area contributed by atoms with Gasteiger partial charge in [0.15, 0.2) is 16.3 Å². The third kappa shape index (κ3) is 3.02. The number of para-hydroxylation sites is 2. The zero-order chi connectivity index (χ0) is 19.0. The Labute approximate surface area is 159 Å². The van der Waals surface area contributed by atoms with Crippen molar-refractivity contribution in [2.45, 2.75) is 6.10 Å². The number of rotatable bonds is 3. The second kappa shape index (κ2) is 6.96. The monoisotopic (exact) mass is 386 g/mol. The Morgan fingerprint density at radius 3 is 2.59 bits per heavy atom. The van der Waals surface area contributed by atoms with Crippen molar-refractivity contribution in [2.75, 3.05) is 20.8 Å². The van der Waals surface area contributed by atoms with Crippen molar-refractivity contribution in [3.05, 3.63) is 41.2 Å². The molecule has 1 atom stereocenters. The number of nitrogens with zero attached hydrogens (tertiary/aromatic N) is 2. The fourth-order valence-electron chi connectivity index (χ4n) is 2.94. The summed E-state index contributed by atoms with van der Waals surface area (Å²) in [4.78, 5) is 17.5. The Morgan fingerprint density at radius 1 is 1.15 bits per heavy atom. The van der Waals surface area contributed by atoms with Gasteiger partial charge in [-0.3, -0.25) is 4.79 Å². The molecule has 1 aliphatic heterocycles. The molecule has 4 rings (SSSR count). The van der Waals surface area contributed by atoms with Crippen LogP contribution in [0.15, 0.2) is 41.4 Å². The molecule has 0 aliphatic carbocycles. The summed E-state index contributed by atoms with van der Waals surface area (Å²) in [5.74, 6) is 2.16. The number of methoxy groups -OCH3 is 2. The van der Waals surface area contributed by atoms with E-state index in [9.17, 15) is 4.79 Å². The Kier molecular flexibility index (Phi) is 4.49. The van der Waals surface area contributed by atoms with Gasteiger partial charge in [-0.05, 0) is 24.3 Å². The second-order valence-corrected chi connectivity index (χ2v) is 6.88. The zero-order valence-corrected chi connectivity index (χ0v) is 15.9. The van der Waals surface area contributed by atoms with Crippen LogP contribution in [0.25, 0.3) is 10.2 Å². The first-order valence-electron chi connectivity index (χ1n) is 8.30. The highest BCUT2D eigenvalue weighted by Gasteiger charge is 2.27. The largest absolute Gasteiger partial charge is 0.495 e. The topological polar surface area (TPSA) is 71.3 Å². The summed E-state index contributed by atoms with van der Waals surface area (Å²) in [6.07, 6.45) is -0.783. The van der Waals surface area contributed by atoms with Gasteiger partial charge in [-0.2, -0.15) is 4.99 Å². The molecule has 0 spiro atoms. The summed E-state index contributed by atoms with van der Waals surface area (Å²) in [5, 5.41) is 0. The summed E-state index contributed by atoms with van der Waals surface area (Å²) in [6, 6.07) is 10.9. The maximum Gasteiger partial charge on any atom is 0.292 e. The third-order valence-corrected chi connectivity index (χ3v) is 5.45. The SMILES string of the molecule is COc1ccc(OC)c2c1sc(=NC(=O)[C@@H]1COc3ccccc3O1)n2C. The summed E-state index contributed by atoms with van der Waals surface area (Å²) in [7, 11) is 5.04. The highest BCUT2D eigenvalue weighted by atomic mass is 32.1. The quantitative estimate of drug-likeness (QED) is 0.692. The van der Waals surface area contributed by atoms with E-state index in [0.29, 0.717) is 27.8 Å². The fourth-order valence-corrected chi connectivity index (χ4v) is 4.07. The predicted octanol–water partition coefficient (Wildman–Crippen LogP) is 2.52. The van der Waals surface area contributed by atoms with Crippen LogP contribution >= 0.6 is 11.3 Å². The number of benzene rings is 2. The van der Waals surface area contributed by atoms with Crippen molar-refractivity contribution in [1.82, 2.24) is 4.57 Å². The van der Waals surface area contributed by atoms with Crippen molar-refractivity contribution in [3.8, 4) is 23.0 Å². The average Bonchev–Trinajstić information content (AvgIpc) is 3.03. The molecule has 2 heterocycles. The van der Waals surface area contributed by atoms with E-state index >= 15 is 0 Å². The zero-order valence-electron chi connectivity index (χ0n) is 15.1. The predicted molar refractivity (Wildman–Crippen MR) is 101 cm³/mol. The molecule has 1 amide bonds. The first kappa shape index (κ1) is 17.4. The van der Waals surface area contributed by atoms with E-state index < -0.39 is 12.0 Å². The van der Waals surface area contributed by atoms with E-state index in [1.807, 2.05) is 35.9 Å². The van der Waals surface area contributed by atoms with Gasteiger partial charge in [-0.25, -0.2) is 0 Å². The number of amides is 1. The van der Waals surface area contributed by atoms with E-state index in [4.69, 9.17) is 18.9 Å². The standard InChI is InChI=1S/C19H18N2O5S/c1-21-16-13(23-2)8-9-14(24-3)17(16)27-19(21)20-18(22)15-10-25-11-6-4-5-7-12(11)26-15/h4-9,15H,10H2,1-3H3/t15-/m0/s1. The number of fused-ring (bicyclic) bond motifs is 2. The first-order chi connectivity index (χ1) is 13.1. The molecule has 0 saturated heterocycles. The van der Waals surface area contributed by atoms with Crippen LogP contribution in [0.5, 0.6) is 23.0 Å². The van der Waals surface area contributed by atoms with Gasteiger partial charge in [0, 0.05) is 7.05 Å². The van der Waals surface area contributed by atoms with E-state index in [2.05, 4.69) is 4.99 Å².